The number of nitrogens with zero attached hydrogens (tertiary/aromatic N) is 3. The van der Waals surface area contributed by atoms with Crippen LogP contribution in [0.4, 0.5) is 11.4 Å². The maximum absolute atomic E-state index is 12.7. The third-order valence-corrected chi connectivity index (χ3v) is 5.16. The van der Waals surface area contributed by atoms with Gasteiger partial charge in [-0.2, -0.15) is 5.10 Å². The Balaban J connectivity index is 1.46. The molecule has 4 rings (SSSR count). The van der Waals surface area contributed by atoms with Crippen LogP contribution in [0.25, 0.3) is 0 Å². The number of carbonyl (C=O) groups is 3. The molecule has 31 heavy (non-hydrogen) atoms. The van der Waals surface area contributed by atoms with Crippen molar-refractivity contribution >= 4 is 29.2 Å². The van der Waals surface area contributed by atoms with E-state index in [2.05, 4.69) is 10.4 Å². The van der Waals surface area contributed by atoms with Gasteiger partial charge in [0.15, 0.2) is 6.61 Å². The van der Waals surface area contributed by atoms with Crippen molar-refractivity contribution in [3.05, 3.63) is 77.1 Å². The largest absolute Gasteiger partial charge is 0.452 e. The number of para-hydroxylation sites is 2. The summed E-state index contributed by atoms with van der Waals surface area (Å²) in [5.41, 5.74) is 3.74. The van der Waals surface area contributed by atoms with Crippen molar-refractivity contribution in [1.82, 2.24) is 9.78 Å². The Bertz CT molecular complexity index is 1150. The number of aryl methyl sites for hydroxylation is 1. The van der Waals surface area contributed by atoms with Crippen LogP contribution in [-0.4, -0.2) is 40.7 Å². The average molecular weight is 418 g/mol. The van der Waals surface area contributed by atoms with Crippen LogP contribution in [0.3, 0.4) is 0 Å². The van der Waals surface area contributed by atoms with E-state index >= 15 is 0 Å². The molecule has 0 atom stereocenters. The summed E-state index contributed by atoms with van der Waals surface area (Å²) in [4.78, 5) is 38.7. The topological polar surface area (TPSA) is 93.5 Å². The fourth-order valence-electron chi connectivity index (χ4n) is 3.64. The lowest BCUT2D eigenvalue weighted by molar-refractivity contribution is -0.124. The molecule has 0 fully saturated rings. The van der Waals surface area contributed by atoms with Gasteiger partial charge in [-0.25, -0.2) is 4.79 Å². The van der Waals surface area contributed by atoms with Gasteiger partial charge in [0.1, 0.15) is 12.1 Å². The molecule has 2 amide bonds. The van der Waals surface area contributed by atoms with E-state index in [4.69, 9.17) is 4.74 Å². The van der Waals surface area contributed by atoms with Crippen LogP contribution in [0.5, 0.6) is 0 Å². The standard InChI is InChI=1S/C23H22N4O4/c1-15-22(16(2)27(25-15)12-17-8-4-3-5-9-17)23(30)31-14-21(29)26-13-20(28)24-18-10-6-7-11-19(18)26/h3-11H,12-14H2,1-2H3,(H,24,28). The molecule has 1 aliphatic rings. The number of esters is 1. The minimum atomic E-state index is -0.614. The number of amides is 2. The molecule has 1 N–H and O–H groups in total. The molecule has 0 saturated heterocycles. The van der Waals surface area contributed by atoms with Crippen LogP contribution in [0.1, 0.15) is 27.3 Å². The number of anilines is 2. The Kier molecular flexibility index (Phi) is 5.53. The molecule has 2 heterocycles. The summed E-state index contributed by atoms with van der Waals surface area (Å²) in [6.07, 6.45) is 0. The van der Waals surface area contributed by atoms with E-state index < -0.39 is 18.5 Å². The maximum atomic E-state index is 12.7. The van der Waals surface area contributed by atoms with Gasteiger partial charge < -0.3 is 10.1 Å². The first-order valence-corrected chi connectivity index (χ1v) is 9.88. The zero-order valence-electron chi connectivity index (χ0n) is 17.3. The van der Waals surface area contributed by atoms with Gasteiger partial charge in [-0.15, -0.1) is 0 Å². The predicted molar refractivity (Wildman–Crippen MR) is 115 cm³/mol. The molecular formula is C23H22N4O4. The molecule has 0 unspecified atom stereocenters. The Morgan fingerprint density at radius 2 is 1.77 bits per heavy atom. The molecule has 8 nitrogen and oxygen atoms in total. The van der Waals surface area contributed by atoms with E-state index in [1.807, 2.05) is 30.3 Å². The number of nitrogens with one attached hydrogen (secondary N) is 1. The smallest absolute Gasteiger partial charge is 0.342 e. The molecule has 0 aliphatic carbocycles. The van der Waals surface area contributed by atoms with Gasteiger partial charge in [0.25, 0.3) is 5.91 Å². The van der Waals surface area contributed by atoms with Crippen molar-refractivity contribution in [2.75, 3.05) is 23.4 Å². The molecule has 8 heteroatoms. The lowest BCUT2D eigenvalue weighted by Gasteiger charge is -2.28. The van der Waals surface area contributed by atoms with Crippen molar-refractivity contribution in [3.63, 3.8) is 0 Å². The van der Waals surface area contributed by atoms with Gasteiger partial charge in [-0.1, -0.05) is 42.5 Å². The molecule has 0 saturated carbocycles. The molecule has 3 aromatic rings. The highest BCUT2D eigenvalue weighted by molar-refractivity contribution is 6.10. The van der Waals surface area contributed by atoms with E-state index in [1.165, 1.54) is 4.90 Å². The van der Waals surface area contributed by atoms with E-state index in [1.54, 1.807) is 42.8 Å². The first-order chi connectivity index (χ1) is 14.9. The first-order valence-electron chi connectivity index (χ1n) is 9.88. The van der Waals surface area contributed by atoms with Gasteiger partial charge in [0.05, 0.1) is 29.3 Å². The first kappa shape index (κ1) is 20.3. The number of aromatic nitrogens is 2. The molecule has 1 aliphatic heterocycles. The maximum Gasteiger partial charge on any atom is 0.342 e. The van der Waals surface area contributed by atoms with Crippen LogP contribution in [0.2, 0.25) is 0 Å². The minimum Gasteiger partial charge on any atom is -0.452 e. The zero-order chi connectivity index (χ0) is 22.0. The third-order valence-electron chi connectivity index (χ3n) is 5.16. The van der Waals surface area contributed by atoms with Crippen LogP contribution < -0.4 is 10.2 Å². The number of rotatable bonds is 5. The number of hydrogen-bond donors (Lipinski definition) is 1. The quantitative estimate of drug-likeness (QED) is 0.643. The van der Waals surface area contributed by atoms with E-state index in [0.29, 0.717) is 34.9 Å². The van der Waals surface area contributed by atoms with Gasteiger partial charge in [0, 0.05) is 0 Å². The zero-order valence-corrected chi connectivity index (χ0v) is 17.3. The van der Waals surface area contributed by atoms with Crippen molar-refractivity contribution in [2.24, 2.45) is 0 Å². The van der Waals surface area contributed by atoms with Crippen LogP contribution in [0, 0.1) is 13.8 Å². The van der Waals surface area contributed by atoms with Crippen LogP contribution in [-0.2, 0) is 20.9 Å². The molecule has 158 valence electrons. The SMILES string of the molecule is Cc1nn(Cc2ccccc2)c(C)c1C(=O)OCC(=O)N1CC(=O)Nc2ccccc21. The molecule has 2 aromatic carbocycles. The summed E-state index contributed by atoms with van der Waals surface area (Å²) in [6.45, 7) is 3.47. The van der Waals surface area contributed by atoms with Crippen molar-refractivity contribution < 1.29 is 19.1 Å². The molecular weight excluding hydrogens is 396 g/mol. The summed E-state index contributed by atoms with van der Waals surface area (Å²) in [6, 6.07) is 16.8. The summed E-state index contributed by atoms with van der Waals surface area (Å²) >= 11 is 0. The lowest BCUT2D eigenvalue weighted by atomic mass is 10.2. The van der Waals surface area contributed by atoms with E-state index in [9.17, 15) is 14.4 Å². The molecule has 0 spiro atoms. The predicted octanol–water partition coefficient (Wildman–Crippen LogP) is 2.69. The van der Waals surface area contributed by atoms with E-state index in [0.717, 1.165) is 5.56 Å². The third kappa shape index (κ3) is 4.18. The fourth-order valence-corrected chi connectivity index (χ4v) is 3.64. The summed E-state index contributed by atoms with van der Waals surface area (Å²) in [5.74, 6) is -1.38. The van der Waals surface area contributed by atoms with Crippen LogP contribution >= 0.6 is 0 Å². The Morgan fingerprint density at radius 3 is 2.55 bits per heavy atom. The number of ether oxygens (including phenoxy) is 1. The number of carbonyl (C=O) groups excluding carboxylic acids is 3. The van der Waals surface area contributed by atoms with Crippen LogP contribution in [0.15, 0.2) is 54.6 Å². The normalized spacial score (nSPS) is 12.8. The Morgan fingerprint density at radius 1 is 1.06 bits per heavy atom. The second-order valence-electron chi connectivity index (χ2n) is 7.31. The molecule has 1 aromatic heterocycles. The highest BCUT2D eigenvalue weighted by atomic mass is 16.5. The van der Waals surface area contributed by atoms with Gasteiger partial charge in [-0.05, 0) is 31.5 Å². The summed E-state index contributed by atoms with van der Waals surface area (Å²) in [5, 5.41) is 7.17. The highest BCUT2D eigenvalue weighted by Crippen LogP contribution is 2.29. The summed E-state index contributed by atoms with van der Waals surface area (Å²) < 4.78 is 7.05. The molecule has 0 bridgehead atoms. The number of hydrogen-bond acceptors (Lipinski definition) is 5. The highest BCUT2D eigenvalue weighted by Gasteiger charge is 2.28. The van der Waals surface area contributed by atoms with E-state index in [-0.39, 0.29) is 12.5 Å². The monoisotopic (exact) mass is 418 g/mol. The fraction of sp³-hybridized carbons (Fsp3) is 0.217. The lowest BCUT2D eigenvalue weighted by Crippen LogP contribution is -2.44. The minimum absolute atomic E-state index is 0.125. The van der Waals surface area contributed by atoms with Crippen molar-refractivity contribution in [3.8, 4) is 0 Å². The van der Waals surface area contributed by atoms with Crippen molar-refractivity contribution in [2.45, 2.75) is 20.4 Å². The Hall–Kier alpha value is -3.94. The number of benzene rings is 2. The molecule has 0 radical (unpaired) electrons. The summed E-state index contributed by atoms with van der Waals surface area (Å²) in [7, 11) is 0. The number of fused-ring (bicyclic) bond motifs is 1. The van der Waals surface area contributed by atoms with Gasteiger partial charge >= 0.3 is 5.97 Å². The second-order valence-corrected chi connectivity index (χ2v) is 7.31. The van der Waals surface area contributed by atoms with Gasteiger partial charge in [0.2, 0.25) is 5.91 Å². The second kappa shape index (κ2) is 8.43. The van der Waals surface area contributed by atoms with Crippen molar-refractivity contribution in [1.29, 1.82) is 0 Å². The Labute approximate surface area is 179 Å². The van der Waals surface area contributed by atoms with Gasteiger partial charge in [-0.3, -0.25) is 19.2 Å². The average Bonchev–Trinajstić information content (AvgIpc) is 3.04.